The van der Waals surface area contributed by atoms with Crippen LogP contribution in [0.25, 0.3) is 0 Å². The molecule has 1 amide bonds. The van der Waals surface area contributed by atoms with E-state index in [-0.39, 0.29) is 11.7 Å². The van der Waals surface area contributed by atoms with Crippen LogP contribution in [0.3, 0.4) is 0 Å². The molecule has 0 aliphatic heterocycles. The van der Waals surface area contributed by atoms with Gasteiger partial charge in [-0.25, -0.2) is 4.39 Å². The highest BCUT2D eigenvalue weighted by molar-refractivity contribution is 6.30. The predicted octanol–water partition coefficient (Wildman–Crippen LogP) is 2.34. The summed E-state index contributed by atoms with van der Waals surface area (Å²) in [4.78, 5) is 13.5. The third kappa shape index (κ3) is 5.05. The third-order valence-corrected chi connectivity index (χ3v) is 4.50. The zero-order valence-corrected chi connectivity index (χ0v) is 14.2. The molecule has 0 aromatic heterocycles. The Labute approximate surface area is 146 Å². The summed E-state index contributed by atoms with van der Waals surface area (Å²) in [6.45, 7) is 1.66. The van der Waals surface area contributed by atoms with Crippen molar-refractivity contribution in [2.45, 2.75) is 32.0 Å². The van der Waals surface area contributed by atoms with Gasteiger partial charge < -0.3 is 10.2 Å². The lowest BCUT2D eigenvalue weighted by molar-refractivity contribution is -0.917. The van der Waals surface area contributed by atoms with E-state index >= 15 is 0 Å². The number of hydrogen-bond donors (Lipinski definition) is 2. The van der Waals surface area contributed by atoms with Gasteiger partial charge >= 0.3 is 0 Å². The maximum absolute atomic E-state index is 13.0. The van der Waals surface area contributed by atoms with Crippen molar-refractivity contribution in [3.63, 3.8) is 0 Å². The third-order valence-electron chi connectivity index (χ3n) is 4.27. The number of benzene rings is 2. The van der Waals surface area contributed by atoms with Crippen LogP contribution in [0.1, 0.15) is 24.0 Å². The molecule has 126 valence electrons. The van der Waals surface area contributed by atoms with Crippen LogP contribution in [0.5, 0.6) is 0 Å². The molecule has 1 aliphatic rings. The van der Waals surface area contributed by atoms with E-state index in [0.29, 0.717) is 24.2 Å². The van der Waals surface area contributed by atoms with Crippen LogP contribution in [0.15, 0.2) is 48.5 Å². The first-order chi connectivity index (χ1) is 11.6. The molecule has 0 saturated heterocycles. The average molecular weight is 348 g/mol. The van der Waals surface area contributed by atoms with E-state index in [2.05, 4.69) is 5.32 Å². The summed E-state index contributed by atoms with van der Waals surface area (Å²) in [6, 6.07) is 14.5. The lowest BCUT2D eigenvalue weighted by Crippen LogP contribution is -3.13. The SMILES string of the molecule is O=C(C[NH+](Cc1ccc(F)cc1)C1CC1)NCc1cccc(Cl)c1. The molecule has 3 rings (SSSR count). The second-order valence-corrected chi connectivity index (χ2v) is 6.76. The highest BCUT2D eigenvalue weighted by atomic mass is 35.5. The minimum absolute atomic E-state index is 0.0268. The topological polar surface area (TPSA) is 33.5 Å². The number of carbonyl (C=O) groups excluding carboxylic acids is 1. The molecule has 1 saturated carbocycles. The van der Waals surface area contributed by atoms with E-state index < -0.39 is 0 Å². The predicted molar refractivity (Wildman–Crippen MR) is 92.3 cm³/mol. The molecule has 1 unspecified atom stereocenters. The lowest BCUT2D eigenvalue weighted by Gasteiger charge is -2.19. The second kappa shape index (κ2) is 7.77. The molecule has 2 aromatic carbocycles. The summed E-state index contributed by atoms with van der Waals surface area (Å²) in [5.41, 5.74) is 2.04. The molecule has 0 bridgehead atoms. The van der Waals surface area contributed by atoms with Crippen LogP contribution in [-0.2, 0) is 17.9 Å². The zero-order chi connectivity index (χ0) is 16.9. The van der Waals surface area contributed by atoms with Crippen LogP contribution in [-0.4, -0.2) is 18.5 Å². The molecule has 5 heteroatoms. The van der Waals surface area contributed by atoms with Crippen LogP contribution >= 0.6 is 11.6 Å². The van der Waals surface area contributed by atoms with Gasteiger partial charge in [-0.2, -0.15) is 0 Å². The van der Waals surface area contributed by atoms with Gasteiger partial charge in [0.15, 0.2) is 6.54 Å². The molecule has 3 nitrogen and oxygen atoms in total. The Morgan fingerprint density at radius 1 is 1.17 bits per heavy atom. The fraction of sp³-hybridized carbons (Fsp3) is 0.316. The number of hydrogen-bond acceptors (Lipinski definition) is 1. The smallest absolute Gasteiger partial charge is 0.275 e. The van der Waals surface area contributed by atoms with Crippen LogP contribution in [0.4, 0.5) is 4.39 Å². The molecule has 1 atom stereocenters. The van der Waals surface area contributed by atoms with Crippen LogP contribution < -0.4 is 10.2 Å². The highest BCUT2D eigenvalue weighted by Crippen LogP contribution is 2.16. The number of amides is 1. The largest absolute Gasteiger partial charge is 0.347 e. The van der Waals surface area contributed by atoms with Gasteiger partial charge in [0.2, 0.25) is 0 Å². The van der Waals surface area contributed by atoms with E-state index in [9.17, 15) is 9.18 Å². The highest BCUT2D eigenvalue weighted by Gasteiger charge is 2.34. The summed E-state index contributed by atoms with van der Waals surface area (Å²) in [7, 11) is 0. The Morgan fingerprint density at radius 2 is 1.92 bits per heavy atom. The van der Waals surface area contributed by atoms with Crippen molar-refractivity contribution in [3.8, 4) is 0 Å². The minimum Gasteiger partial charge on any atom is -0.347 e. The molecular weight excluding hydrogens is 327 g/mol. The molecule has 0 radical (unpaired) electrons. The van der Waals surface area contributed by atoms with E-state index in [0.717, 1.165) is 30.5 Å². The van der Waals surface area contributed by atoms with Crippen molar-refractivity contribution in [1.29, 1.82) is 0 Å². The van der Waals surface area contributed by atoms with E-state index in [4.69, 9.17) is 11.6 Å². The Bertz CT molecular complexity index is 701. The van der Waals surface area contributed by atoms with Crippen molar-refractivity contribution >= 4 is 17.5 Å². The van der Waals surface area contributed by atoms with Gasteiger partial charge in [-0.05, 0) is 29.8 Å². The van der Waals surface area contributed by atoms with Crippen molar-refractivity contribution in [3.05, 3.63) is 70.5 Å². The van der Waals surface area contributed by atoms with E-state index in [1.54, 1.807) is 12.1 Å². The lowest BCUT2D eigenvalue weighted by atomic mass is 10.2. The first-order valence-corrected chi connectivity index (χ1v) is 8.58. The molecule has 0 spiro atoms. The van der Waals surface area contributed by atoms with Crippen molar-refractivity contribution < 1.29 is 14.1 Å². The summed E-state index contributed by atoms with van der Waals surface area (Å²) >= 11 is 5.95. The maximum Gasteiger partial charge on any atom is 0.275 e. The summed E-state index contributed by atoms with van der Waals surface area (Å²) < 4.78 is 13.0. The van der Waals surface area contributed by atoms with Crippen LogP contribution in [0.2, 0.25) is 5.02 Å². The molecule has 2 aromatic rings. The maximum atomic E-state index is 13.0. The number of nitrogens with one attached hydrogen (secondary N) is 2. The van der Waals surface area contributed by atoms with Crippen molar-refractivity contribution in [1.82, 2.24) is 5.32 Å². The first kappa shape index (κ1) is 16.9. The normalized spacial score (nSPS) is 15.1. The Hall–Kier alpha value is -1.91. The van der Waals surface area contributed by atoms with E-state index in [1.807, 2.05) is 24.3 Å². The van der Waals surface area contributed by atoms with Gasteiger partial charge in [0.05, 0.1) is 6.04 Å². The summed E-state index contributed by atoms with van der Waals surface area (Å²) in [6.07, 6.45) is 2.30. The molecule has 1 fully saturated rings. The quantitative estimate of drug-likeness (QED) is 0.792. The standard InChI is InChI=1S/C19H20ClFN2O/c20-16-3-1-2-15(10-16)11-22-19(24)13-23(18-8-9-18)12-14-4-6-17(21)7-5-14/h1-7,10,18H,8-9,11-13H2,(H,22,24)/p+1. The molecule has 1 aliphatic carbocycles. The fourth-order valence-corrected chi connectivity index (χ4v) is 3.04. The fourth-order valence-electron chi connectivity index (χ4n) is 2.82. The van der Waals surface area contributed by atoms with Gasteiger partial charge in [-0.3, -0.25) is 4.79 Å². The van der Waals surface area contributed by atoms with Crippen LogP contribution in [0, 0.1) is 5.82 Å². The van der Waals surface area contributed by atoms with Gasteiger partial charge in [-0.15, -0.1) is 0 Å². The summed E-state index contributed by atoms with van der Waals surface area (Å²) in [5.74, 6) is -0.204. The van der Waals surface area contributed by atoms with Crippen molar-refractivity contribution in [2.24, 2.45) is 0 Å². The average Bonchev–Trinajstić information content (AvgIpc) is 3.39. The number of rotatable bonds is 7. The van der Waals surface area contributed by atoms with Gasteiger partial charge in [0.25, 0.3) is 5.91 Å². The summed E-state index contributed by atoms with van der Waals surface area (Å²) in [5, 5.41) is 3.63. The Morgan fingerprint density at radius 3 is 2.58 bits per heavy atom. The first-order valence-electron chi connectivity index (χ1n) is 8.20. The van der Waals surface area contributed by atoms with Gasteiger partial charge in [-0.1, -0.05) is 35.9 Å². The monoisotopic (exact) mass is 347 g/mol. The minimum atomic E-state index is -0.231. The zero-order valence-electron chi connectivity index (χ0n) is 13.4. The van der Waals surface area contributed by atoms with Gasteiger partial charge in [0.1, 0.15) is 12.4 Å². The molecule has 2 N–H and O–H groups in total. The molecule has 0 heterocycles. The molecule has 24 heavy (non-hydrogen) atoms. The van der Waals surface area contributed by atoms with Gasteiger partial charge in [0, 0.05) is 30.0 Å². The second-order valence-electron chi connectivity index (χ2n) is 6.32. The van der Waals surface area contributed by atoms with Crippen molar-refractivity contribution in [2.75, 3.05) is 6.54 Å². The number of carbonyl (C=O) groups is 1. The van der Waals surface area contributed by atoms with E-state index in [1.165, 1.54) is 17.0 Å². The number of halogens is 2. The number of quaternary nitrogens is 1. The Balaban J connectivity index is 1.53. The Kier molecular flexibility index (Phi) is 5.48. The molecular formula is C19H21ClFN2O+.